The minimum absolute atomic E-state index is 0. The highest BCUT2D eigenvalue weighted by molar-refractivity contribution is 14.0. The van der Waals surface area contributed by atoms with E-state index in [0.29, 0.717) is 12.1 Å². The lowest BCUT2D eigenvalue weighted by Gasteiger charge is -2.33. The third-order valence-electron chi connectivity index (χ3n) is 4.07. The Bertz CT molecular complexity index is 602. The number of esters is 1. The first-order valence-corrected chi connectivity index (χ1v) is 7.70. The summed E-state index contributed by atoms with van der Waals surface area (Å²) in [6.45, 7) is 2.22. The lowest BCUT2D eigenvalue weighted by molar-refractivity contribution is -0.146. The average molecular weight is 442 g/mol. The fraction of sp³-hybridized carbons (Fsp3) is 0.471. The molecule has 1 aromatic carbocycles. The largest absolute Gasteiger partial charge is 0.469 e. The minimum Gasteiger partial charge on any atom is -0.469 e. The number of nitrogens with zero attached hydrogens (tertiary/aromatic N) is 3. The molecule has 6 nitrogen and oxygen atoms in total. The minimum atomic E-state index is -0.120. The second kappa shape index (κ2) is 10.1. The van der Waals surface area contributed by atoms with Gasteiger partial charge in [-0.15, -0.1) is 24.0 Å². The zero-order chi connectivity index (χ0) is 16.7. The lowest BCUT2D eigenvalue weighted by Crippen LogP contribution is -2.46. The van der Waals surface area contributed by atoms with E-state index in [9.17, 15) is 4.79 Å². The molecule has 1 aromatic rings. The molecule has 0 bridgehead atoms. The number of nitrogens with one attached hydrogen (secondary N) is 1. The van der Waals surface area contributed by atoms with Gasteiger partial charge in [0.1, 0.15) is 0 Å². The number of halogens is 1. The maximum atomic E-state index is 11.6. The van der Waals surface area contributed by atoms with Crippen LogP contribution in [0, 0.1) is 17.2 Å². The van der Waals surface area contributed by atoms with Crippen LogP contribution in [-0.2, 0) is 16.1 Å². The number of methoxy groups -OCH3 is 1. The number of benzene rings is 1. The quantitative estimate of drug-likeness (QED) is 0.336. The van der Waals surface area contributed by atoms with Crippen LogP contribution >= 0.6 is 24.0 Å². The van der Waals surface area contributed by atoms with Crippen molar-refractivity contribution in [3.63, 3.8) is 0 Å². The number of hydrogen-bond donors (Lipinski definition) is 1. The summed E-state index contributed by atoms with van der Waals surface area (Å²) in [7, 11) is 3.19. The van der Waals surface area contributed by atoms with E-state index >= 15 is 0 Å². The standard InChI is InChI=1S/C17H22N4O2.HI/c1-19-17(20-12-14-5-3-13(11-18)4-6-14)21-9-7-15(8-10-21)16(22)23-2;/h3-6,15H,7-10,12H2,1-2H3,(H,19,20);1H. The first-order valence-electron chi connectivity index (χ1n) is 7.70. The fourth-order valence-electron chi connectivity index (χ4n) is 2.70. The summed E-state index contributed by atoms with van der Waals surface area (Å²) < 4.78 is 4.81. The molecule has 0 aliphatic carbocycles. The first kappa shape index (κ1) is 20.2. The number of rotatable bonds is 3. The molecule has 0 spiro atoms. The van der Waals surface area contributed by atoms with E-state index in [2.05, 4.69) is 21.3 Å². The summed E-state index contributed by atoms with van der Waals surface area (Å²) in [5.41, 5.74) is 1.75. The Hall–Kier alpha value is -1.82. The van der Waals surface area contributed by atoms with Gasteiger partial charge >= 0.3 is 5.97 Å². The van der Waals surface area contributed by atoms with Crippen LogP contribution in [0.2, 0.25) is 0 Å². The molecular weight excluding hydrogens is 419 g/mol. The van der Waals surface area contributed by atoms with Crippen LogP contribution in [0.1, 0.15) is 24.0 Å². The van der Waals surface area contributed by atoms with Crippen LogP contribution in [-0.4, -0.2) is 44.1 Å². The summed E-state index contributed by atoms with van der Waals surface area (Å²) in [6, 6.07) is 9.59. The zero-order valence-corrected chi connectivity index (χ0v) is 16.3. The molecule has 0 saturated carbocycles. The third kappa shape index (κ3) is 5.37. The van der Waals surface area contributed by atoms with E-state index in [1.54, 1.807) is 7.05 Å². The predicted molar refractivity (Wildman–Crippen MR) is 103 cm³/mol. The second-order valence-corrected chi connectivity index (χ2v) is 5.49. The molecule has 1 saturated heterocycles. The number of hydrogen-bond acceptors (Lipinski definition) is 4. The number of ether oxygens (including phenoxy) is 1. The van der Waals surface area contributed by atoms with Gasteiger partial charge in [0.15, 0.2) is 5.96 Å². The zero-order valence-electron chi connectivity index (χ0n) is 14.0. The summed E-state index contributed by atoms with van der Waals surface area (Å²) in [6.07, 6.45) is 1.56. The van der Waals surface area contributed by atoms with Crippen molar-refractivity contribution in [2.45, 2.75) is 19.4 Å². The van der Waals surface area contributed by atoms with E-state index < -0.39 is 0 Å². The molecule has 0 atom stereocenters. The summed E-state index contributed by atoms with van der Waals surface area (Å²) in [4.78, 5) is 18.0. The Morgan fingerprint density at radius 3 is 2.50 bits per heavy atom. The Balaban J connectivity index is 0.00000288. The highest BCUT2D eigenvalue weighted by atomic mass is 127. The molecule has 1 N–H and O–H groups in total. The summed E-state index contributed by atoms with van der Waals surface area (Å²) >= 11 is 0. The second-order valence-electron chi connectivity index (χ2n) is 5.49. The molecule has 2 rings (SSSR count). The molecular formula is C17H23IN4O2. The van der Waals surface area contributed by atoms with Crippen molar-refractivity contribution in [1.82, 2.24) is 10.2 Å². The first-order chi connectivity index (χ1) is 11.2. The highest BCUT2D eigenvalue weighted by Gasteiger charge is 2.26. The van der Waals surface area contributed by atoms with Gasteiger partial charge in [-0.05, 0) is 30.5 Å². The molecule has 7 heteroatoms. The number of likely N-dealkylation sites (tertiary alicyclic amines) is 1. The molecule has 0 radical (unpaired) electrons. The van der Waals surface area contributed by atoms with Crippen molar-refractivity contribution in [1.29, 1.82) is 5.26 Å². The van der Waals surface area contributed by atoms with E-state index in [0.717, 1.165) is 37.5 Å². The smallest absolute Gasteiger partial charge is 0.308 e. The molecule has 0 aromatic heterocycles. The van der Waals surface area contributed by atoms with Crippen molar-refractivity contribution in [3.8, 4) is 6.07 Å². The van der Waals surface area contributed by atoms with Crippen molar-refractivity contribution in [3.05, 3.63) is 35.4 Å². The number of carbonyl (C=O) groups is 1. The van der Waals surface area contributed by atoms with Crippen molar-refractivity contribution in [2.24, 2.45) is 10.9 Å². The number of piperidine rings is 1. The fourth-order valence-corrected chi connectivity index (χ4v) is 2.70. The van der Waals surface area contributed by atoms with Crippen LogP contribution in [0.4, 0.5) is 0 Å². The van der Waals surface area contributed by atoms with Crippen molar-refractivity contribution in [2.75, 3.05) is 27.2 Å². The molecule has 1 aliphatic rings. The van der Waals surface area contributed by atoms with Gasteiger partial charge in [-0.2, -0.15) is 5.26 Å². The maximum absolute atomic E-state index is 11.6. The van der Waals surface area contributed by atoms with Crippen LogP contribution in [0.15, 0.2) is 29.3 Å². The van der Waals surface area contributed by atoms with Crippen molar-refractivity contribution >= 4 is 35.9 Å². The lowest BCUT2D eigenvalue weighted by atomic mass is 9.97. The topological polar surface area (TPSA) is 77.7 Å². The van der Waals surface area contributed by atoms with Gasteiger partial charge in [-0.3, -0.25) is 9.79 Å². The van der Waals surface area contributed by atoms with E-state index in [-0.39, 0.29) is 35.9 Å². The molecule has 0 amide bonds. The van der Waals surface area contributed by atoms with Gasteiger partial charge in [0.2, 0.25) is 0 Å². The monoisotopic (exact) mass is 442 g/mol. The van der Waals surface area contributed by atoms with E-state index in [4.69, 9.17) is 10.00 Å². The number of aliphatic imine (C=N–C) groups is 1. The SMILES string of the molecule is CN=C(NCc1ccc(C#N)cc1)N1CCC(C(=O)OC)CC1.I. The number of carbonyl (C=O) groups excluding carboxylic acids is 1. The Morgan fingerprint density at radius 2 is 2.00 bits per heavy atom. The maximum Gasteiger partial charge on any atom is 0.308 e. The Kier molecular flexibility index (Phi) is 8.54. The van der Waals surface area contributed by atoms with Crippen LogP contribution < -0.4 is 5.32 Å². The van der Waals surface area contributed by atoms with E-state index in [1.165, 1.54) is 7.11 Å². The molecule has 130 valence electrons. The predicted octanol–water partition coefficient (Wildman–Crippen LogP) is 2.14. The molecule has 0 unspecified atom stereocenters. The van der Waals surface area contributed by atoms with Gasteiger partial charge in [-0.1, -0.05) is 12.1 Å². The Labute approximate surface area is 159 Å². The van der Waals surface area contributed by atoms with Gasteiger partial charge in [0.25, 0.3) is 0 Å². The molecule has 1 fully saturated rings. The summed E-state index contributed by atoms with van der Waals surface area (Å²) in [5, 5.41) is 12.1. The van der Waals surface area contributed by atoms with Crippen LogP contribution in [0.3, 0.4) is 0 Å². The van der Waals surface area contributed by atoms with Gasteiger partial charge in [0.05, 0.1) is 24.7 Å². The number of nitriles is 1. The van der Waals surface area contributed by atoms with Gasteiger partial charge in [0, 0.05) is 26.7 Å². The van der Waals surface area contributed by atoms with Crippen LogP contribution in [0.25, 0.3) is 0 Å². The van der Waals surface area contributed by atoms with Crippen molar-refractivity contribution < 1.29 is 9.53 Å². The van der Waals surface area contributed by atoms with Gasteiger partial charge in [-0.25, -0.2) is 0 Å². The van der Waals surface area contributed by atoms with E-state index in [1.807, 2.05) is 24.3 Å². The normalized spacial score (nSPS) is 15.2. The summed E-state index contributed by atoms with van der Waals surface area (Å²) in [5.74, 6) is 0.704. The average Bonchev–Trinajstić information content (AvgIpc) is 2.62. The number of guanidine groups is 1. The molecule has 1 aliphatic heterocycles. The third-order valence-corrected chi connectivity index (χ3v) is 4.07. The highest BCUT2D eigenvalue weighted by Crippen LogP contribution is 2.18. The van der Waals surface area contributed by atoms with Gasteiger partial charge < -0.3 is 15.0 Å². The molecule has 1 heterocycles. The van der Waals surface area contributed by atoms with Crippen LogP contribution in [0.5, 0.6) is 0 Å². The Morgan fingerprint density at radius 1 is 1.38 bits per heavy atom. The molecule has 24 heavy (non-hydrogen) atoms.